The number of anilines is 2. The molecule has 1 fully saturated rings. The Kier molecular flexibility index (Phi) is 8.70. The highest BCUT2D eigenvalue weighted by Crippen LogP contribution is 2.28. The molecule has 1 aliphatic rings. The van der Waals surface area contributed by atoms with Crippen molar-refractivity contribution < 1.29 is 23.9 Å². The number of rotatable bonds is 10. The quantitative estimate of drug-likeness (QED) is 0.306. The molecule has 4 rings (SSSR count). The Morgan fingerprint density at radius 2 is 1.66 bits per heavy atom. The molecule has 0 aliphatic carbocycles. The number of hydrogen-bond acceptors (Lipinski definition) is 6. The van der Waals surface area contributed by atoms with Gasteiger partial charge in [-0.3, -0.25) is 14.5 Å². The van der Waals surface area contributed by atoms with Gasteiger partial charge >= 0.3 is 5.97 Å². The van der Waals surface area contributed by atoms with Crippen LogP contribution in [0.3, 0.4) is 0 Å². The number of methoxy groups -OCH3 is 1. The Labute approximate surface area is 227 Å². The van der Waals surface area contributed by atoms with Crippen LogP contribution in [0.4, 0.5) is 11.4 Å². The predicted octanol–water partition coefficient (Wildman–Crippen LogP) is 4.45. The van der Waals surface area contributed by atoms with Crippen LogP contribution in [-0.4, -0.2) is 54.1 Å². The van der Waals surface area contributed by atoms with Crippen LogP contribution < -0.4 is 15.0 Å². The van der Waals surface area contributed by atoms with Crippen molar-refractivity contribution in [3.63, 3.8) is 0 Å². The molecule has 8 nitrogen and oxygen atoms in total. The van der Waals surface area contributed by atoms with Gasteiger partial charge in [-0.05, 0) is 79.7 Å². The SMILES string of the molecule is CCOC(=O)c1ccc(N2C(=O)C(CC(=O)Nc3ccc(OC)cc3)N(CCc3ccccc3)C2=S)cc1. The molecule has 1 saturated heterocycles. The van der Waals surface area contributed by atoms with E-state index >= 15 is 0 Å². The lowest BCUT2D eigenvalue weighted by Crippen LogP contribution is -2.39. The Morgan fingerprint density at radius 3 is 2.29 bits per heavy atom. The minimum Gasteiger partial charge on any atom is -0.497 e. The van der Waals surface area contributed by atoms with E-state index in [1.807, 2.05) is 30.3 Å². The summed E-state index contributed by atoms with van der Waals surface area (Å²) < 4.78 is 10.2. The van der Waals surface area contributed by atoms with E-state index in [0.717, 1.165) is 5.56 Å². The van der Waals surface area contributed by atoms with E-state index < -0.39 is 12.0 Å². The monoisotopic (exact) mass is 531 g/mol. The van der Waals surface area contributed by atoms with Gasteiger partial charge in [-0.25, -0.2) is 4.79 Å². The first-order valence-corrected chi connectivity index (χ1v) is 12.7. The smallest absolute Gasteiger partial charge is 0.338 e. The largest absolute Gasteiger partial charge is 0.497 e. The summed E-state index contributed by atoms with van der Waals surface area (Å²) >= 11 is 5.74. The van der Waals surface area contributed by atoms with E-state index in [4.69, 9.17) is 21.7 Å². The van der Waals surface area contributed by atoms with Gasteiger partial charge in [-0.15, -0.1) is 0 Å². The molecule has 38 heavy (non-hydrogen) atoms. The maximum Gasteiger partial charge on any atom is 0.338 e. The standard InChI is InChI=1S/C29H29N3O5S/c1-3-37-28(35)21-9-13-23(14-10-21)32-27(34)25(19-26(33)30-22-11-15-24(36-2)16-12-22)31(29(32)38)18-17-20-7-5-4-6-8-20/h4-16,25H,3,17-19H2,1-2H3,(H,30,33). The van der Waals surface area contributed by atoms with E-state index in [1.54, 1.807) is 67.5 Å². The summed E-state index contributed by atoms with van der Waals surface area (Å²) in [7, 11) is 1.57. The fourth-order valence-electron chi connectivity index (χ4n) is 4.24. The molecule has 0 saturated carbocycles. The second-order valence-electron chi connectivity index (χ2n) is 8.65. The minimum absolute atomic E-state index is 0.0722. The summed E-state index contributed by atoms with van der Waals surface area (Å²) in [6.45, 7) is 2.47. The van der Waals surface area contributed by atoms with Crippen LogP contribution in [0.25, 0.3) is 0 Å². The maximum atomic E-state index is 13.6. The van der Waals surface area contributed by atoms with Gasteiger partial charge in [0.1, 0.15) is 11.8 Å². The molecule has 9 heteroatoms. The molecule has 1 aliphatic heterocycles. The van der Waals surface area contributed by atoms with Crippen molar-refractivity contribution in [3.05, 3.63) is 90.0 Å². The van der Waals surface area contributed by atoms with Gasteiger partial charge in [0.05, 0.1) is 31.4 Å². The number of carbonyl (C=O) groups is 3. The first-order chi connectivity index (χ1) is 18.4. The van der Waals surface area contributed by atoms with Crippen molar-refractivity contribution >= 4 is 46.5 Å². The summed E-state index contributed by atoms with van der Waals surface area (Å²) in [4.78, 5) is 41.9. The number of amides is 2. The topological polar surface area (TPSA) is 88.2 Å². The molecular formula is C29H29N3O5S. The average molecular weight is 532 g/mol. The second-order valence-corrected chi connectivity index (χ2v) is 9.01. The van der Waals surface area contributed by atoms with Crippen LogP contribution in [0.1, 0.15) is 29.3 Å². The first-order valence-electron chi connectivity index (χ1n) is 12.3. The van der Waals surface area contributed by atoms with Gasteiger partial charge < -0.3 is 19.7 Å². The molecular weight excluding hydrogens is 502 g/mol. The number of hydrogen-bond donors (Lipinski definition) is 1. The van der Waals surface area contributed by atoms with Gasteiger partial charge in [0.2, 0.25) is 5.91 Å². The van der Waals surface area contributed by atoms with Crippen LogP contribution in [0, 0.1) is 0 Å². The lowest BCUT2D eigenvalue weighted by atomic mass is 10.1. The number of carbonyl (C=O) groups excluding carboxylic acids is 3. The van der Waals surface area contributed by atoms with Crippen molar-refractivity contribution in [2.75, 3.05) is 30.5 Å². The van der Waals surface area contributed by atoms with Crippen LogP contribution >= 0.6 is 12.2 Å². The highest BCUT2D eigenvalue weighted by Gasteiger charge is 2.44. The zero-order chi connectivity index (χ0) is 27.1. The molecule has 0 bridgehead atoms. The van der Waals surface area contributed by atoms with E-state index in [1.165, 1.54) is 4.90 Å². The highest BCUT2D eigenvalue weighted by atomic mass is 32.1. The second kappa shape index (κ2) is 12.3. The van der Waals surface area contributed by atoms with Crippen molar-refractivity contribution in [1.82, 2.24) is 4.90 Å². The fourth-order valence-corrected chi connectivity index (χ4v) is 4.66. The number of nitrogens with one attached hydrogen (secondary N) is 1. The Bertz CT molecular complexity index is 1300. The van der Waals surface area contributed by atoms with E-state index in [2.05, 4.69) is 5.32 Å². The molecule has 196 valence electrons. The summed E-state index contributed by atoms with van der Waals surface area (Å²) in [5.74, 6) is -0.361. The first kappa shape index (κ1) is 26.8. The third kappa shape index (κ3) is 6.18. The Hall–Kier alpha value is -4.24. The van der Waals surface area contributed by atoms with E-state index in [9.17, 15) is 14.4 Å². The predicted molar refractivity (Wildman–Crippen MR) is 149 cm³/mol. The molecule has 2 amide bonds. The summed E-state index contributed by atoms with van der Waals surface area (Å²) in [5, 5.41) is 3.17. The van der Waals surface area contributed by atoms with Crippen LogP contribution in [-0.2, 0) is 20.7 Å². The van der Waals surface area contributed by atoms with E-state index in [-0.39, 0.29) is 24.8 Å². The lowest BCUT2D eigenvalue weighted by molar-refractivity contribution is -0.124. The van der Waals surface area contributed by atoms with Crippen molar-refractivity contribution in [3.8, 4) is 5.75 Å². The molecule has 1 heterocycles. The summed E-state index contributed by atoms with van der Waals surface area (Å²) in [6.07, 6.45) is 0.581. The Morgan fingerprint density at radius 1 is 0.974 bits per heavy atom. The number of nitrogens with zero attached hydrogens (tertiary/aromatic N) is 2. The number of benzene rings is 3. The molecule has 0 radical (unpaired) electrons. The molecule has 0 aromatic heterocycles. The molecule has 1 N–H and O–H groups in total. The third-order valence-corrected chi connectivity index (χ3v) is 6.61. The molecule has 1 atom stereocenters. The fraction of sp³-hybridized carbons (Fsp3) is 0.241. The van der Waals surface area contributed by atoms with Crippen molar-refractivity contribution in [1.29, 1.82) is 0 Å². The Balaban J connectivity index is 1.54. The summed E-state index contributed by atoms with van der Waals surface area (Å²) in [5.41, 5.74) is 2.60. The molecule has 3 aromatic rings. The average Bonchev–Trinajstić information content (AvgIpc) is 3.16. The molecule has 1 unspecified atom stereocenters. The zero-order valence-corrected chi connectivity index (χ0v) is 22.1. The molecule has 3 aromatic carbocycles. The third-order valence-electron chi connectivity index (χ3n) is 6.19. The van der Waals surface area contributed by atoms with Gasteiger partial charge in [0.15, 0.2) is 5.11 Å². The number of ether oxygens (including phenoxy) is 2. The van der Waals surface area contributed by atoms with Crippen LogP contribution in [0.2, 0.25) is 0 Å². The molecule has 0 spiro atoms. The lowest BCUT2D eigenvalue weighted by Gasteiger charge is -2.24. The minimum atomic E-state index is -0.769. The maximum absolute atomic E-state index is 13.6. The number of esters is 1. The van der Waals surface area contributed by atoms with Gasteiger partial charge in [-0.2, -0.15) is 0 Å². The zero-order valence-electron chi connectivity index (χ0n) is 21.3. The number of thiocarbonyl (C=S) groups is 1. The van der Waals surface area contributed by atoms with Gasteiger partial charge in [-0.1, -0.05) is 30.3 Å². The van der Waals surface area contributed by atoms with Gasteiger partial charge in [0.25, 0.3) is 5.91 Å². The van der Waals surface area contributed by atoms with E-state index in [0.29, 0.717) is 40.8 Å². The van der Waals surface area contributed by atoms with Crippen LogP contribution in [0.15, 0.2) is 78.9 Å². The van der Waals surface area contributed by atoms with Crippen LogP contribution in [0.5, 0.6) is 5.75 Å². The summed E-state index contributed by atoms with van der Waals surface area (Å²) in [6, 6.07) is 22.6. The normalized spacial score (nSPS) is 14.9. The van der Waals surface area contributed by atoms with Crippen molar-refractivity contribution in [2.45, 2.75) is 25.8 Å². The van der Waals surface area contributed by atoms with Crippen molar-refractivity contribution in [2.24, 2.45) is 0 Å². The highest BCUT2D eigenvalue weighted by molar-refractivity contribution is 7.80. The van der Waals surface area contributed by atoms with Gasteiger partial charge in [0, 0.05) is 12.2 Å².